The summed E-state index contributed by atoms with van der Waals surface area (Å²) in [7, 11) is 1.51. The highest BCUT2D eigenvalue weighted by atomic mass is 35.5. The molecule has 1 aromatic carbocycles. The third-order valence-corrected chi connectivity index (χ3v) is 6.27. The van der Waals surface area contributed by atoms with Gasteiger partial charge in [0.2, 0.25) is 0 Å². The van der Waals surface area contributed by atoms with Crippen molar-refractivity contribution in [2.75, 3.05) is 12.4 Å². The molecule has 164 valence electrons. The summed E-state index contributed by atoms with van der Waals surface area (Å²) in [6, 6.07) is 7.83. The maximum Gasteiger partial charge on any atom is 0.410 e. The van der Waals surface area contributed by atoms with E-state index in [1.165, 1.54) is 18.4 Å². The van der Waals surface area contributed by atoms with Crippen LogP contribution < -0.4 is 15.4 Å². The molecule has 0 aliphatic carbocycles. The fourth-order valence-corrected chi connectivity index (χ4v) is 4.36. The van der Waals surface area contributed by atoms with Crippen LogP contribution in [0.2, 0.25) is 5.02 Å². The predicted octanol–water partition coefficient (Wildman–Crippen LogP) is 5.20. The highest BCUT2D eigenvalue weighted by Gasteiger charge is 2.47. The Morgan fingerprint density at radius 3 is 2.71 bits per heavy atom. The van der Waals surface area contributed by atoms with Gasteiger partial charge in [-0.2, -0.15) is 18.3 Å². The minimum Gasteiger partial charge on any atom is -0.497 e. The van der Waals surface area contributed by atoms with E-state index in [9.17, 15) is 18.0 Å². The number of hydrogen-bond acceptors (Lipinski definition) is 5. The van der Waals surface area contributed by atoms with Gasteiger partial charge in [-0.05, 0) is 29.1 Å². The van der Waals surface area contributed by atoms with Gasteiger partial charge in [-0.25, -0.2) is 4.68 Å². The number of methoxy groups -OCH3 is 1. The second kappa shape index (κ2) is 8.43. The van der Waals surface area contributed by atoms with Crippen molar-refractivity contribution in [2.45, 2.75) is 31.2 Å². The molecule has 0 radical (unpaired) electrons. The van der Waals surface area contributed by atoms with Crippen molar-refractivity contribution >= 4 is 34.7 Å². The summed E-state index contributed by atoms with van der Waals surface area (Å²) in [6.07, 6.45) is -4.86. The molecule has 0 fully saturated rings. The molecule has 4 rings (SSSR count). The van der Waals surface area contributed by atoms with Crippen molar-refractivity contribution in [1.29, 1.82) is 0 Å². The van der Waals surface area contributed by atoms with E-state index in [0.717, 1.165) is 9.56 Å². The number of aromatic nitrogens is 2. The first-order valence-corrected chi connectivity index (χ1v) is 10.6. The SMILES string of the molecule is COc1ccc([C@@H]2C[C@H](C(F)(F)F)n3nc(C(=O)NCc4cccs4)c(Cl)c3N2)cc1. The van der Waals surface area contributed by atoms with Crippen molar-refractivity contribution in [3.63, 3.8) is 0 Å². The lowest BCUT2D eigenvalue weighted by molar-refractivity contribution is -0.173. The monoisotopic (exact) mass is 470 g/mol. The van der Waals surface area contributed by atoms with Gasteiger partial charge in [0.05, 0.1) is 19.7 Å². The number of nitrogens with one attached hydrogen (secondary N) is 2. The summed E-state index contributed by atoms with van der Waals surface area (Å²) in [6.45, 7) is 0.236. The van der Waals surface area contributed by atoms with Crippen LogP contribution in [-0.2, 0) is 6.54 Å². The Hall–Kier alpha value is -2.72. The van der Waals surface area contributed by atoms with E-state index in [2.05, 4.69) is 15.7 Å². The first-order chi connectivity index (χ1) is 14.8. The van der Waals surface area contributed by atoms with E-state index < -0.39 is 24.2 Å². The summed E-state index contributed by atoms with van der Waals surface area (Å²) in [5, 5.41) is 11.3. The molecule has 11 heteroatoms. The van der Waals surface area contributed by atoms with Crippen LogP contribution >= 0.6 is 22.9 Å². The highest BCUT2D eigenvalue weighted by Crippen LogP contribution is 2.46. The number of anilines is 1. The predicted molar refractivity (Wildman–Crippen MR) is 112 cm³/mol. The summed E-state index contributed by atoms with van der Waals surface area (Å²) in [5.41, 5.74) is 0.396. The van der Waals surface area contributed by atoms with Gasteiger partial charge in [-0.3, -0.25) is 4.79 Å². The first kappa shape index (κ1) is 21.5. The van der Waals surface area contributed by atoms with E-state index in [0.29, 0.717) is 11.3 Å². The number of fused-ring (bicyclic) bond motifs is 1. The topological polar surface area (TPSA) is 68.2 Å². The summed E-state index contributed by atoms with van der Waals surface area (Å²) < 4.78 is 47.4. The zero-order chi connectivity index (χ0) is 22.2. The second-order valence-corrected chi connectivity index (χ2v) is 8.39. The molecule has 0 saturated carbocycles. The maximum atomic E-state index is 13.9. The van der Waals surface area contributed by atoms with Gasteiger partial charge >= 0.3 is 6.18 Å². The third kappa shape index (κ3) is 4.35. The van der Waals surface area contributed by atoms with E-state index >= 15 is 0 Å². The minimum atomic E-state index is -4.57. The molecule has 1 aliphatic heterocycles. The van der Waals surface area contributed by atoms with Crippen LogP contribution in [0.5, 0.6) is 5.75 Å². The second-order valence-electron chi connectivity index (χ2n) is 6.98. The average molecular weight is 471 g/mol. The third-order valence-electron chi connectivity index (χ3n) is 5.03. The number of benzene rings is 1. The normalized spacial score (nSPS) is 18.2. The Bertz CT molecular complexity index is 1070. The van der Waals surface area contributed by atoms with Gasteiger partial charge in [0.25, 0.3) is 5.91 Å². The fraction of sp³-hybridized carbons (Fsp3) is 0.300. The van der Waals surface area contributed by atoms with E-state index in [1.807, 2.05) is 17.5 Å². The Kier molecular flexibility index (Phi) is 5.85. The zero-order valence-electron chi connectivity index (χ0n) is 16.2. The molecule has 0 spiro atoms. The molecule has 3 heterocycles. The van der Waals surface area contributed by atoms with Gasteiger partial charge in [-0.15, -0.1) is 11.3 Å². The lowest BCUT2D eigenvalue weighted by atomic mass is 9.97. The number of hydrogen-bond donors (Lipinski definition) is 2. The van der Waals surface area contributed by atoms with Crippen molar-refractivity contribution in [3.8, 4) is 5.75 Å². The smallest absolute Gasteiger partial charge is 0.410 e. The molecule has 31 heavy (non-hydrogen) atoms. The molecular weight excluding hydrogens is 453 g/mol. The lowest BCUT2D eigenvalue weighted by Crippen LogP contribution is -2.35. The van der Waals surface area contributed by atoms with Gasteiger partial charge < -0.3 is 15.4 Å². The summed E-state index contributed by atoms with van der Waals surface area (Å²) in [5.74, 6) is -0.0685. The van der Waals surface area contributed by atoms with E-state index in [-0.39, 0.29) is 29.5 Å². The summed E-state index contributed by atoms with van der Waals surface area (Å²) >= 11 is 7.77. The van der Waals surface area contributed by atoms with Crippen molar-refractivity contribution in [2.24, 2.45) is 0 Å². The van der Waals surface area contributed by atoms with Crippen LogP contribution in [0.25, 0.3) is 0 Å². The van der Waals surface area contributed by atoms with Gasteiger partial charge in [0, 0.05) is 11.3 Å². The number of rotatable bonds is 5. The van der Waals surface area contributed by atoms with E-state index in [4.69, 9.17) is 16.3 Å². The molecule has 3 aromatic rings. The van der Waals surface area contributed by atoms with Crippen LogP contribution in [0.1, 0.15) is 39.4 Å². The maximum absolute atomic E-state index is 13.9. The quantitative estimate of drug-likeness (QED) is 0.538. The van der Waals surface area contributed by atoms with Crippen molar-refractivity contribution in [1.82, 2.24) is 15.1 Å². The fourth-order valence-electron chi connectivity index (χ4n) is 3.45. The number of carbonyl (C=O) groups is 1. The zero-order valence-corrected chi connectivity index (χ0v) is 17.8. The number of nitrogens with zero attached hydrogens (tertiary/aromatic N) is 2. The molecule has 0 saturated heterocycles. The molecule has 2 atom stereocenters. The molecule has 0 bridgehead atoms. The van der Waals surface area contributed by atoms with Gasteiger partial charge in [0.1, 0.15) is 16.6 Å². The van der Waals surface area contributed by atoms with Crippen LogP contribution in [0.3, 0.4) is 0 Å². The number of halogens is 4. The van der Waals surface area contributed by atoms with Gasteiger partial charge in [-0.1, -0.05) is 29.8 Å². The van der Waals surface area contributed by atoms with Crippen LogP contribution in [0.4, 0.5) is 19.0 Å². The molecule has 6 nitrogen and oxygen atoms in total. The molecule has 0 unspecified atom stereocenters. The van der Waals surface area contributed by atoms with Crippen molar-refractivity contribution in [3.05, 3.63) is 62.9 Å². The number of carbonyl (C=O) groups excluding carboxylic acids is 1. The first-order valence-electron chi connectivity index (χ1n) is 9.33. The van der Waals surface area contributed by atoms with Crippen LogP contribution in [0.15, 0.2) is 41.8 Å². The molecule has 1 amide bonds. The van der Waals surface area contributed by atoms with Crippen molar-refractivity contribution < 1.29 is 22.7 Å². The Morgan fingerprint density at radius 1 is 1.35 bits per heavy atom. The minimum absolute atomic E-state index is 0.0302. The lowest BCUT2D eigenvalue weighted by Gasteiger charge is -2.33. The summed E-state index contributed by atoms with van der Waals surface area (Å²) in [4.78, 5) is 13.5. The van der Waals surface area contributed by atoms with Gasteiger partial charge in [0.15, 0.2) is 11.7 Å². The Balaban J connectivity index is 1.64. The molecule has 2 N–H and O–H groups in total. The molecular formula is C20H18ClF3N4O2S. The van der Waals surface area contributed by atoms with Crippen LogP contribution in [0, 0.1) is 0 Å². The number of amides is 1. The standard InChI is InChI=1S/C20H18ClF3N4O2S/c1-30-12-6-4-11(5-7-12)14-9-15(20(22,23)24)28-18(26-14)16(21)17(27-28)19(29)25-10-13-3-2-8-31-13/h2-8,14-15,26H,9-10H2,1H3,(H,25,29)/t14-,15+/m0/s1. The highest BCUT2D eigenvalue weighted by molar-refractivity contribution is 7.09. The largest absolute Gasteiger partial charge is 0.497 e. The average Bonchev–Trinajstić information content (AvgIpc) is 3.39. The Labute approximate surface area is 185 Å². The van der Waals surface area contributed by atoms with Crippen LogP contribution in [-0.4, -0.2) is 29.0 Å². The van der Waals surface area contributed by atoms with E-state index in [1.54, 1.807) is 24.3 Å². The Morgan fingerprint density at radius 2 is 2.10 bits per heavy atom. The number of alkyl halides is 3. The number of thiophene rings is 1. The number of ether oxygens (including phenoxy) is 1. The molecule has 2 aromatic heterocycles. The molecule has 1 aliphatic rings.